The third-order valence-electron chi connectivity index (χ3n) is 4.73. The third-order valence-corrected chi connectivity index (χ3v) is 4.73. The largest absolute Gasteiger partial charge is 0.336 e. The molecule has 0 aliphatic carbocycles. The Balaban J connectivity index is 1.79. The van der Waals surface area contributed by atoms with Gasteiger partial charge in [-0.1, -0.05) is 6.07 Å². The number of fused-ring (bicyclic) bond motifs is 2. The number of hydrogen-bond acceptors (Lipinski definition) is 3. The number of carbonyl (C=O) groups is 1. The molecule has 2 fully saturated rings. The van der Waals surface area contributed by atoms with Crippen LogP contribution in [0.5, 0.6) is 0 Å². The maximum Gasteiger partial charge on any atom is 0.254 e. The minimum absolute atomic E-state index is 0.0564. The lowest BCUT2D eigenvalue weighted by Crippen LogP contribution is -2.50. The predicted octanol–water partition coefficient (Wildman–Crippen LogP) is 2.30. The van der Waals surface area contributed by atoms with Gasteiger partial charge in [-0.05, 0) is 50.8 Å². The third kappa shape index (κ3) is 2.79. The van der Waals surface area contributed by atoms with Crippen LogP contribution in [-0.2, 0) is 0 Å². The molecule has 2 bridgehead atoms. The van der Waals surface area contributed by atoms with E-state index in [4.69, 9.17) is 5.26 Å². The average molecular weight is 283 g/mol. The summed E-state index contributed by atoms with van der Waals surface area (Å²) in [5.74, 6) is 0.0564. The van der Waals surface area contributed by atoms with Crippen LogP contribution < -0.4 is 5.32 Å². The zero-order valence-electron chi connectivity index (χ0n) is 12.4. The van der Waals surface area contributed by atoms with Crippen molar-refractivity contribution in [3.63, 3.8) is 0 Å². The Hall–Kier alpha value is -1.86. The molecule has 0 aromatic heterocycles. The summed E-state index contributed by atoms with van der Waals surface area (Å²) in [4.78, 5) is 14.8. The summed E-state index contributed by atoms with van der Waals surface area (Å²) >= 11 is 0. The van der Waals surface area contributed by atoms with E-state index in [-0.39, 0.29) is 5.91 Å². The van der Waals surface area contributed by atoms with Crippen LogP contribution in [0.2, 0.25) is 0 Å². The van der Waals surface area contributed by atoms with Crippen LogP contribution in [-0.4, -0.2) is 35.5 Å². The molecule has 0 radical (unpaired) electrons. The van der Waals surface area contributed by atoms with Crippen molar-refractivity contribution in [1.82, 2.24) is 10.2 Å². The number of nitriles is 1. The number of nitrogens with one attached hydrogen (secondary N) is 1. The van der Waals surface area contributed by atoms with Crippen LogP contribution in [0.3, 0.4) is 0 Å². The van der Waals surface area contributed by atoms with Crippen molar-refractivity contribution in [1.29, 1.82) is 5.26 Å². The Labute approximate surface area is 125 Å². The Bertz CT molecular complexity index is 566. The van der Waals surface area contributed by atoms with Crippen molar-refractivity contribution >= 4 is 5.91 Å². The standard InChI is InChI=1S/C17H21N3O/c1-2-20(16-9-14-6-7-15(10-16)19-14)17(21)13-5-3-4-12(8-13)11-18/h3-5,8,14-16,19H,2,6-7,9-10H2,1H3. The van der Waals surface area contributed by atoms with Gasteiger partial charge in [-0.2, -0.15) is 5.26 Å². The first-order valence-corrected chi connectivity index (χ1v) is 7.78. The molecule has 2 unspecified atom stereocenters. The summed E-state index contributed by atoms with van der Waals surface area (Å²) in [5.41, 5.74) is 1.17. The smallest absolute Gasteiger partial charge is 0.254 e. The lowest BCUT2D eigenvalue weighted by molar-refractivity contribution is 0.0631. The molecule has 2 atom stereocenters. The highest BCUT2D eigenvalue weighted by molar-refractivity contribution is 5.94. The second kappa shape index (κ2) is 5.87. The Morgan fingerprint density at radius 3 is 2.71 bits per heavy atom. The van der Waals surface area contributed by atoms with E-state index in [9.17, 15) is 4.79 Å². The van der Waals surface area contributed by atoms with E-state index in [0.29, 0.717) is 29.3 Å². The van der Waals surface area contributed by atoms with Crippen molar-refractivity contribution in [3.05, 3.63) is 35.4 Å². The summed E-state index contributed by atoms with van der Waals surface area (Å²) in [6.07, 6.45) is 4.57. The molecule has 1 N–H and O–H groups in total. The first-order valence-electron chi connectivity index (χ1n) is 7.78. The fourth-order valence-electron chi connectivity index (χ4n) is 3.74. The summed E-state index contributed by atoms with van der Waals surface area (Å²) in [5, 5.41) is 12.6. The molecule has 21 heavy (non-hydrogen) atoms. The van der Waals surface area contributed by atoms with E-state index in [1.807, 2.05) is 17.9 Å². The molecule has 0 saturated carbocycles. The van der Waals surface area contributed by atoms with E-state index >= 15 is 0 Å². The molecule has 2 aliphatic heterocycles. The molecule has 2 heterocycles. The van der Waals surface area contributed by atoms with E-state index in [0.717, 1.165) is 19.4 Å². The fourth-order valence-corrected chi connectivity index (χ4v) is 3.74. The molecule has 110 valence electrons. The van der Waals surface area contributed by atoms with Crippen LogP contribution in [0.1, 0.15) is 48.5 Å². The van der Waals surface area contributed by atoms with Crippen molar-refractivity contribution in [2.75, 3.05) is 6.54 Å². The van der Waals surface area contributed by atoms with Crippen molar-refractivity contribution < 1.29 is 4.79 Å². The number of carbonyl (C=O) groups excluding carboxylic acids is 1. The van der Waals surface area contributed by atoms with Crippen LogP contribution >= 0.6 is 0 Å². The summed E-state index contributed by atoms with van der Waals surface area (Å²) in [6.45, 7) is 2.76. The van der Waals surface area contributed by atoms with Gasteiger partial charge in [0, 0.05) is 30.2 Å². The number of nitrogens with zero attached hydrogens (tertiary/aromatic N) is 2. The zero-order chi connectivity index (χ0) is 14.8. The van der Waals surface area contributed by atoms with Gasteiger partial charge in [0.2, 0.25) is 0 Å². The molecule has 1 amide bonds. The number of amides is 1. The molecule has 1 aromatic carbocycles. The van der Waals surface area contributed by atoms with Crippen LogP contribution in [0, 0.1) is 11.3 Å². The minimum Gasteiger partial charge on any atom is -0.336 e. The maximum absolute atomic E-state index is 12.8. The lowest BCUT2D eigenvalue weighted by Gasteiger charge is -2.37. The first-order chi connectivity index (χ1) is 10.2. The van der Waals surface area contributed by atoms with Gasteiger partial charge in [-0.3, -0.25) is 4.79 Å². The van der Waals surface area contributed by atoms with Gasteiger partial charge in [0.15, 0.2) is 0 Å². The summed E-state index contributed by atoms with van der Waals surface area (Å²) in [6, 6.07) is 10.6. The number of rotatable bonds is 3. The topological polar surface area (TPSA) is 56.1 Å². The van der Waals surface area contributed by atoms with E-state index in [2.05, 4.69) is 11.4 Å². The second-order valence-corrected chi connectivity index (χ2v) is 6.05. The second-order valence-electron chi connectivity index (χ2n) is 6.05. The van der Waals surface area contributed by atoms with Gasteiger partial charge < -0.3 is 10.2 Å². The molecule has 4 nitrogen and oxygen atoms in total. The van der Waals surface area contributed by atoms with Crippen LogP contribution in [0.25, 0.3) is 0 Å². The molecular weight excluding hydrogens is 262 g/mol. The first kappa shape index (κ1) is 14.1. The summed E-state index contributed by atoms with van der Waals surface area (Å²) < 4.78 is 0. The van der Waals surface area contributed by atoms with E-state index in [1.165, 1.54) is 12.8 Å². The van der Waals surface area contributed by atoms with Gasteiger partial charge in [0.1, 0.15) is 0 Å². The number of piperidine rings is 1. The molecule has 0 spiro atoms. The van der Waals surface area contributed by atoms with Gasteiger partial charge in [0.25, 0.3) is 5.91 Å². The van der Waals surface area contributed by atoms with E-state index < -0.39 is 0 Å². The highest BCUT2D eigenvalue weighted by atomic mass is 16.2. The van der Waals surface area contributed by atoms with Gasteiger partial charge >= 0.3 is 0 Å². The van der Waals surface area contributed by atoms with Crippen LogP contribution in [0.4, 0.5) is 0 Å². The van der Waals surface area contributed by atoms with Gasteiger partial charge in [-0.15, -0.1) is 0 Å². The van der Waals surface area contributed by atoms with Crippen molar-refractivity contribution in [3.8, 4) is 6.07 Å². The quantitative estimate of drug-likeness (QED) is 0.926. The highest BCUT2D eigenvalue weighted by Crippen LogP contribution is 2.30. The fraction of sp³-hybridized carbons (Fsp3) is 0.529. The normalized spacial score (nSPS) is 27.1. The molecule has 3 rings (SSSR count). The molecule has 2 saturated heterocycles. The number of hydrogen-bond donors (Lipinski definition) is 1. The van der Waals surface area contributed by atoms with Crippen LogP contribution in [0.15, 0.2) is 24.3 Å². The Morgan fingerprint density at radius 1 is 1.38 bits per heavy atom. The molecule has 1 aromatic rings. The van der Waals surface area contributed by atoms with Crippen molar-refractivity contribution in [2.45, 2.75) is 50.7 Å². The van der Waals surface area contributed by atoms with Crippen molar-refractivity contribution in [2.24, 2.45) is 0 Å². The van der Waals surface area contributed by atoms with Gasteiger partial charge in [0.05, 0.1) is 11.6 Å². The SMILES string of the molecule is CCN(C(=O)c1cccc(C#N)c1)C1CC2CCC(C1)N2. The lowest BCUT2D eigenvalue weighted by atomic mass is 9.97. The summed E-state index contributed by atoms with van der Waals surface area (Å²) in [7, 11) is 0. The Morgan fingerprint density at radius 2 is 2.10 bits per heavy atom. The predicted molar refractivity (Wildman–Crippen MR) is 80.8 cm³/mol. The van der Waals surface area contributed by atoms with E-state index in [1.54, 1.807) is 18.2 Å². The minimum atomic E-state index is 0.0564. The zero-order valence-corrected chi connectivity index (χ0v) is 12.4. The number of benzene rings is 1. The average Bonchev–Trinajstić information content (AvgIpc) is 2.86. The Kier molecular flexibility index (Phi) is 3.94. The monoisotopic (exact) mass is 283 g/mol. The molecule has 2 aliphatic rings. The molecule has 4 heteroatoms. The van der Waals surface area contributed by atoms with Gasteiger partial charge in [-0.25, -0.2) is 0 Å². The molecular formula is C17H21N3O. The maximum atomic E-state index is 12.8. The highest BCUT2D eigenvalue weighted by Gasteiger charge is 2.37.